The fraction of sp³-hybridized carbons (Fsp3) is 0.333. The molecule has 0 aromatic heterocycles. The molecule has 0 aliphatic heterocycles. The number of hydrogen-bond donors (Lipinski definition) is 1. The molecule has 2 bridgehead atoms. The molecule has 2 aromatic rings. The molecule has 25 heavy (non-hydrogen) atoms. The van der Waals surface area contributed by atoms with Crippen molar-refractivity contribution in [3.05, 3.63) is 76.6 Å². The van der Waals surface area contributed by atoms with E-state index in [9.17, 15) is 13.9 Å². The van der Waals surface area contributed by atoms with Crippen LogP contribution < -0.4 is 0 Å². The zero-order valence-electron chi connectivity index (χ0n) is 14.0. The predicted octanol–water partition coefficient (Wildman–Crippen LogP) is 5.60. The van der Waals surface area contributed by atoms with Crippen LogP contribution in [0, 0.1) is 18.6 Å². The molecule has 0 heterocycles. The molecule has 1 N–H and O–H groups in total. The van der Waals surface area contributed by atoms with Crippen molar-refractivity contribution < 1.29 is 18.3 Å². The topological polar surface area (TPSA) is 20.2 Å². The minimum atomic E-state index is -1.30. The molecule has 0 unspecified atom stereocenters. The van der Waals surface area contributed by atoms with E-state index in [4.69, 9.17) is 0 Å². The van der Waals surface area contributed by atoms with Crippen LogP contribution in [0.3, 0.4) is 0 Å². The van der Waals surface area contributed by atoms with Crippen molar-refractivity contribution >= 4 is 0 Å². The van der Waals surface area contributed by atoms with Crippen molar-refractivity contribution in [1.29, 1.82) is 0 Å². The Labute approximate surface area is 144 Å². The van der Waals surface area contributed by atoms with Gasteiger partial charge in [0, 0.05) is 16.4 Å². The molecule has 5 rings (SSSR count). The third-order valence-electron chi connectivity index (χ3n) is 6.06. The average molecular weight is 344 g/mol. The van der Waals surface area contributed by atoms with E-state index in [-0.39, 0.29) is 11.0 Å². The fourth-order valence-corrected chi connectivity index (χ4v) is 4.45. The van der Waals surface area contributed by atoms with Gasteiger partial charge in [-0.1, -0.05) is 35.9 Å². The lowest BCUT2D eigenvalue weighted by atomic mass is 9.53. The van der Waals surface area contributed by atoms with E-state index in [1.807, 2.05) is 31.2 Å². The lowest BCUT2D eigenvalue weighted by molar-refractivity contribution is 0.187. The molecule has 130 valence electrons. The van der Waals surface area contributed by atoms with E-state index in [2.05, 4.69) is 0 Å². The van der Waals surface area contributed by atoms with E-state index in [0.29, 0.717) is 25.7 Å². The molecule has 0 radical (unpaired) electrons. The number of phenols is 1. The van der Waals surface area contributed by atoms with Gasteiger partial charge in [-0.3, -0.25) is 0 Å². The van der Waals surface area contributed by atoms with Gasteiger partial charge in [0.15, 0.2) is 11.6 Å². The third kappa shape index (κ3) is 2.23. The molecule has 0 spiro atoms. The van der Waals surface area contributed by atoms with Gasteiger partial charge in [-0.15, -0.1) is 0 Å². The van der Waals surface area contributed by atoms with E-state index < -0.39 is 28.6 Å². The van der Waals surface area contributed by atoms with Crippen molar-refractivity contribution in [3.8, 4) is 5.75 Å². The summed E-state index contributed by atoms with van der Waals surface area (Å²) in [4.78, 5) is 0. The molecular formula is C21H19F3O. The number of aromatic hydroxyl groups is 1. The Morgan fingerprint density at radius 3 is 2.08 bits per heavy atom. The summed E-state index contributed by atoms with van der Waals surface area (Å²) in [5, 5.41) is 9.34. The second-order valence-corrected chi connectivity index (χ2v) is 7.36. The largest absolute Gasteiger partial charge is 0.505 e. The summed E-state index contributed by atoms with van der Waals surface area (Å²) in [5.74, 6) is -3.59. The highest BCUT2D eigenvalue weighted by Gasteiger charge is 2.52. The van der Waals surface area contributed by atoms with Crippen LogP contribution in [0.25, 0.3) is 0 Å². The molecule has 4 heteroatoms. The van der Waals surface area contributed by atoms with Crippen molar-refractivity contribution in [3.63, 3.8) is 0 Å². The molecule has 0 amide bonds. The Bertz CT molecular complexity index is 859. The molecule has 0 atom stereocenters. The van der Waals surface area contributed by atoms with Crippen molar-refractivity contribution in [2.75, 3.05) is 0 Å². The predicted molar refractivity (Wildman–Crippen MR) is 90.2 cm³/mol. The summed E-state index contributed by atoms with van der Waals surface area (Å²) < 4.78 is 43.4. The van der Waals surface area contributed by atoms with Gasteiger partial charge in [0.25, 0.3) is 0 Å². The number of allylic oxidation sites excluding steroid dienone is 2. The number of hydrogen-bond acceptors (Lipinski definition) is 1. The van der Waals surface area contributed by atoms with Crippen LogP contribution in [0.5, 0.6) is 5.75 Å². The molecule has 1 saturated carbocycles. The van der Waals surface area contributed by atoms with Gasteiger partial charge in [0.2, 0.25) is 5.82 Å². The van der Waals surface area contributed by atoms with Gasteiger partial charge in [0.1, 0.15) is 5.83 Å². The summed E-state index contributed by atoms with van der Waals surface area (Å²) in [6.07, 6.45) is 3.82. The van der Waals surface area contributed by atoms with Crippen LogP contribution in [0.2, 0.25) is 0 Å². The van der Waals surface area contributed by atoms with Gasteiger partial charge >= 0.3 is 0 Å². The van der Waals surface area contributed by atoms with Gasteiger partial charge in [0.05, 0.1) is 0 Å². The highest BCUT2D eigenvalue weighted by Crippen LogP contribution is 2.58. The highest BCUT2D eigenvalue weighted by atomic mass is 19.2. The van der Waals surface area contributed by atoms with E-state index in [1.54, 1.807) is 6.08 Å². The SMILES string of the molecule is Cc1ccc(C23C=C(F)C(c4ccc(O)c(F)c4F)(CC2)CC3)cc1. The van der Waals surface area contributed by atoms with E-state index in [1.165, 1.54) is 6.07 Å². The number of phenolic OH excluding ortho intramolecular Hbond substituents is 1. The minimum Gasteiger partial charge on any atom is -0.505 e. The zero-order valence-corrected chi connectivity index (χ0v) is 14.0. The first-order valence-corrected chi connectivity index (χ1v) is 8.51. The van der Waals surface area contributed by atoms with Crippen LogP contribution in [-0.2, 0) is 10.8 Å². The second-order valence-electron chi connectivity index (χ2n) is 7.36. The van der Waals surface area contributed by atoms with Gasteiger partial charge in [-0.25, -0.2) is 8.78 Å². The van der Waals surface area contributed by atoms with Crippen molar-refractivity contribution in [2.24, 2.45) is 0 Å². The molecular weight excluding hydrogens is 325 g/mol. The first kappa shape index (κ1) is 16.2. The zero-order chi connectivity index (χ0) is 17.8. The van der Waals surface area contributed by atoms with E-state index in [0.717, 1.165) is 17.2 Å². The first-order chi connectivity index (χ1) is 11.9. The second kappa shape index (κ2) is 5.38. The summed E-state index contributed by atoms with van der Waals surface area (Å²) in [6, 6.07) is 10.5. The van der Waals surface area contributed by atoms with Gasteiger partial charge < -0.3 is 5.11 Å². The van der Waals surface area contributed by atoms with Crippen molar-refractivity contribution in [2.45, 2.75) is 43.4 Å². The van der Waals surface area contributed by atoms with Crippen LogP contribution >= 0.6 is 0 Å². The molecule has 0 saturated heterocycles. The minimum absolute atomic E-state index is 0.00811. The summed E-state index contributed by atoms with van der Waals surface area (Å²) in [6.45, 7) is 2.01. The van der Waals surface area contributed by atoms with Crippen molar-refractivity contribution in [1.82, 2.24) is 0 Å². The maximum Gasteiger partial charge on any atom is 0.200 e. The fourth-order valence-electron chi connectivity index (χ4n) is 4.45. The molecule has 1 nitrogen and oxygen atoms in total. The monoisotopic (exact) mass is 344 g/mol. The number of aryl methyl sites for hydroxylation is 1. The smallest absolute Gasteiger partial charge is 0.200 e. The highest BCUT2D eigenvalue weighted by molar-refractivity contribution is 5.47. The number of rotatable bonds is 2. The van der Waals surface area contributed by atoms with Crippen LogP contribution in [0.1, 0.15) is 42.4 Å². The number of benzene rings is 2. The Kier molecular flexibility index (Phi) is 3.50. The van der Waals surface area contributed by atoms with E-state index >= 15 is 4.39 Å². The molecule has 1 fully saturated rings. The molecule has 3 aliphatic rings. The maximum atomic E-state index is 15.2. The summed E-state index contributed by atoms with van der Waals surface area (Å²) in [7, 11) is 0. The third-order valence-corrected chi connectivity index (χ3v) is 6.06. The first-order valence-electron chi connectivity index (χ1n) is 8.51. The lowest BCUT2D eigenvalue weighted by Crippen LogP contribution is -2.45. The number of halogens is 3. The quantitative estimate of drug-likeness (QED) is 0.752. The Morgan fingerprint density at radius 2 is 1.48 bits per heavy atom. The van der Waals surface area contributed by atoms with Gasteiger partial charge in [-0.2, -0.15) is 4.39 Å². The molecule has 3 aliphatic carbocycles. The lowest BCUT2D eigenvalue weighted by Gasteiger charge is -2.50. The summed E-state index contributed by atoms with van der Waals surface area (Å²) >= 11 is 0. The Morgan fingerprint density at radius 1 is 0.840 bits per heavy atom. The Balaban J connectivity index is 1.81. The van der Waals surface area contributed by atoms with Gasteiger partial charge in [-0.05, 0) is 50.3 Å². The van der Waals surface area contributed by atoms with Crippen LogP contribution in [0.15, 0.2) is 48.3 Å². The van der Waals surface area contributed by atoms with Crippen LogP contribution in [0.4, 0.5) is 13.2 Å². The number of fused-ring (bicyclic) bond motifs is 2. The Hall–Kier alpha value is -2.23. The average Bonchev–Trinajstić information content (AvgIpc) is 2.61. The maximum absolute atomic E-state index is 15.2. The standard InChI is InChI=1S/C21H19F3O/c1-13-2-4-14(5-3-13)20-8-10-21(11-9-20,17(22)12-20)15-6-7-16(25)19(24)18(15)23/h2-7,12,25H,8-11H2,1H3. The summed E-state index contributed by atoms with van der Waals surface area (Å²) in [5.41, 5.74) is 0.733. The van der Waals surface area contributed by atoms with Crippen LogP contribution in [-0.4, -0.2) is 5.11 Å². The molecule has 2 aromatic carbocycles. The normalized spacial score (nSPS) is 28.1.